The van der Waals surface area contributed by atoms with Gasteiger partial charge in [-0.2, -0.15) is 0 Å². The molecule has 0 atom stereocenters. The maximum Gasteiger partial charge on any atom is 0.175 e. The van der Waals surface area contributed by atoms with Gasteiger partial charge in [0.15, 0.2) is 21.4 Å². The van der Waals surface area contributed by atoms with Crippen LogP contribution in [0, 0.1) is 5.82 Å². The van der Waals surface area contributed by atoms with E-state index in [4.69, 9.17) is 10.3 Å². The molecule has 1 heterocycles. The van der Waals surface area contributed by atoms with Crippen molar-refractivity contribution >= 4 is 15.7 Å². The van der Waals surface area contributed by atoms with Crippen LogP contribution >= 0.6 is 0 Å². The smallest absolute Gasteiger partial charge is 0.175 e. The first-order valence-electron chi connectivity index (χ1n) is 4.60. The first-order valence-corrected chi connectivity index (χ1v) is 6.49. The summed E-state index contributed by atoms with van der Waals surface area (Å²) < 4.78 is 40.9. The molecule has 0 aliphatic carbocycles. The molecule has 0 spiro atoms. The molecule has 0 saturated heterocycles. The van der Waals surface area contributed by atoms with Crippen molar-refractivity contribution in [3.8, 4) is 11.3 Å². The fourth-order valence-corrected chi connectivity index (χ4v) is 1.97. The minimum Gasteiger partial charge on any atom is -0.381 e. The Hall–Kier alpha value is -1.89. The summed E-state index contributed by atoms with van der Waals surface area (Å²) in [6, 6.07) is 4.90. The van der Waals surface area contributed by atoms with Crippen LogP contribution in [0.15, 0.2) is 33.7 Å². The number of nitrogens with zero attached hydrogens (tertiary/aromatic N) is 1. The van der Waals surface area contributed by atoms with Crippen molar-refractivity contribution in [3.63, 3.8) is 0 Å². The highest BCUT2D eigenvalue weighted by molar-refractivity contribution is 7.90. The lowest BCUT2D eigenvalue weighted by atomic mass is 10.1. The molecule has 17 heavy (non-hydrogen) atoms. The van der Waals surface area contributed by atoms with Crippen molar-refractivity contribution in [2.45, 2.75) is 4.90 Å². The molecule has 2 aromatic rings. The third-order valence-corrected chi connectivity index (χ3v) is 3.27. The van der Waals surface area contributed by atoms with E-state index in [2.05, 4.69) is 5.16 Å². The number of benzene rings is 1. The third-order valence-electron chi connectivity index (χ3n) is 2.16. The summed E-state index contributed by atoms with van der Waals surface area (Å²) in [7, 11) is -3.43. The molecule has 7 heteroatoms. The zero-order valence-electron chi connectivity index (χ0n) is 8.84. The molecule has 0 amide bonds. The topological polar surface area (TPSA) is 86.2 Å². The van der Waals surface area contributed by atoms with E-state index < -0.39 is 15.7 Å². The molecule has 0 aliphatic heterocycles. The second-order valence-corrected chi connectivity index (χ2v) is 5.55. The molecule has 0 unspecified atom stereocenters. The van der Waals surface area contributed by atoms with Crippen molar-refractivity contribution in [2.24, 2.45) is 0 Å². The van der Waals surface area contributed by atoms with Crippen LogP contribution in [-0.2, 0) is 9.84 Å². The molecule has 2 rings (SSSR count). The van der Waals surface area contributed by atoms with E-state index in [0.29, 0.717) is 0 Å². The van der Waals surface area contributed by atoms with Crippen LogP contribution in [0.1, 0.15) is 0 Å². The molecule has 1 aromatic carbocycles. The fraction of sp³-hybridized carbons (Fsp3) is 0.100. The fourth-order valence-electron chi connectivity index (χ4n) is 1.34. The number of rotatable bonds is 2. The Morgan fingerprint density at radius 1 is 1.35 bits per heavy atom. The van der Waals surface area contributed by atoms with Gasteiger partial charge in [-0.25, -0.2) is 12.8 Å². The van der Waals surface area contributed by atoms with E-state index in [1.165, 1.54) is 18.2 Å². The Balaban J connectivity index is 2.53. The van der Waals surface area contributed by atoms with Crippen LogP contribution in [0.25, 0.3) is 11.3 Å². The van der Waals surface area contributed by atoms with Crippen molar-refractivity contribution in [1.82, 2.24) is 5.16 Å². The number of aromatic nitrogens is 1. The lowest BCUT2D eigenvalue weighted by Gasteiger charge is -2.01. The van der Waals surface area contributed by atoms with Gasteiger partial charge in [0.05, 0.1) is 10.5 Å². The molecule has 0 saturated carbocycles. The predicted octanol–water partition coefficient (Wildman–Crippen LogP) is 1.47. The Labute approximate surface area is 96.9 Å². The Morgan fingerprint density at radius 3 is 2.53 bits per heavy atom. The minimum atomic E-state index is -3.43. The molecule has 2 N–H and O–H groups in total. The van der Waals surface area contributed by atoms with E-state index in [1.54, 1.807) is 0 Å². The van der Waals surface area contributed by atoms with Crippen LogP contribution in [0.3, 0.4) is 0 Å². The van der Waals surface area contributed by atoms with Gasteiger partial charge < -0.3 is 10.3 Å². The van der Waals surface area contributed by atoms with E-state index >= 15 is 0 Å². The zero-order valence-corrected chi connectivity index (χ0v) is 9.66. The Kier molecular flexibility index (Phi) is 2.62. The first kappa shape index (κ1) is 11.6. The average molecular weight is 256 g/mol. The number of halogens is 1. The van der Waals surface area contributed by atoms with E-state index in [9.17, 15) is 12.8 Å². The number of anilines is 1. The third kappa shape index (κ3) is 2.28. The SMILES string of the molecule is CS(=O)(=O)c1ccc(-c2cc(N)no2)c(F)c1. The van der Waals surface area contributed by atoms with Crippen molar-refractivity contribution in [3.05, 3.63) is 30.1 Å². The van der Waals surface area contributed by atoms with Gasteiger partial charge in [0.25, 0.3) is 0 Å². The number of hydrogen-bond donors (Lipinski definition) is 1. The van der Waals surface area contributed by atoms with Gasteiger partial charge >= 0.3 is 0 Å². The maximum atomic E-state index is 13.7. The predicted molar refractivity (Wildman–Crippen MR) is 59.4 cm³/mol. The molecule has 0 radical (unpaired) electrons. The lowest BCUT2D eigenvalue weighted by Crippen LogP contribution is -1.98. The lowest BCUT2D eigenvalue weighted by molar-refractivity contribution is 0.433. The van der Waals surface area contributed by atoms with Crippen LogP contribution in [0.4, 0.5) is 10.2 Å². The highest BCUT2D eigenvalue weighted by Gasteiger charge is 2.14. The second-order valence-electron chi connectivity index (χ2n) is 3.53. The van der Waals surface area contributed by atoms with Crippen molar-refractivity contribution < 1.29 is 17.3 Å². The van der Waals surface area contributed by atoms with Crippen LogP contribution in [0.5, 0.6) is 0 Å². The summed E-state index contributed by atoms with van der Waals surface area (Å²) in [6.07, 6.45) is 1.01. The zero-order chi connectivity index (χ0) is 12.6. The van der Waals surface area contributed by atoms with Crippen molar-refractivity contribution in [2.75, 3.05) is 12.0 Å². The molecule has 90 valence electrons. The first-order chi connectivity index (χ1) is 7.88. The Bertz CT molecular complexity index is 664. The molecule has 0 aliphatic rings. The van der Waals surface area contributed by atoms with Gasteiger partial charge in [0.1, 0.15) is 5.82 Å². The number of sulfone groups is 1. The molecule has 0 fully saturated rings. The molecular weight excluding hydrogens is 247 g/mol. The number of hydrogen-bond acceptors (Lipinski definition) is 5. The van der Waals surface area contributed by atoms with Gasteiger partial charge in [0.2, 0.25) is 0 Å². The summed E-state index contributed by atoms with van der Waals surface area (Å²) in [6.45, 7) is 0. The van der Waals surface area contributed by atoms with E-state index in [1.807, 2.05) is 0 Å². The summed E-state index contributed by atoms with van der Waals surface area (Å²) in [5.74, 6) is -0.421. The maximum absolute atomic E-state index is 13.7. The van der Waals surface area contributed by atoms with Crippen LogP contribution in [0.2, 0.25) is 0 Å². The Morgan fingerprint density at radius 2 is 2.06 bits per heavy atom. The average Bonchev–Trinajstić information content (AvgIpc) is 2.63. The quantitative estimate of drug-likeness (QED) is 0.879. The van der Waals surface area contributed by atoms with E-state index in [0.717, 1.165) is 12.3 Å². The van der Waals surface area contributed by atoms with Gasteiger partial charge in [-0.1, -0.05) is 5.16 Å². The monoisotopic (exact) mass is 256 g/mol. The molecule has 0 bridgehead atoms. The van der Waals surface area contributed by atoms with Gasteiger partial charge in [-0.15, -0.1) is 0 Å². The molecule has 5 nitrogen and oxygen atoms in total. The molecular formula is C10H9FN2O3S. The van der Waals surface area contributed by atoms with Crippen LogP contribution in [-0.4, -0.2) is 19.8 Å². The van der Waals surface area contributed by atoms with Gasteiger partial charge in [0, 0.05) is 12.3 Å². The highest BCUT2D eigenvalue weighted by Crippen LogP contribution is 2.26. The number of nitrogen functional groups attached to an aromatic ring is 1. The summed E-state index contributed by atoms with van der Waals surface area (Å²) in [5.41, 5.74) is 5.45. The number of nitrogens with two attached hydrogens (primary N) is 1. The van der Waals surface area contributed by atoms with E-state index in [-0.39, 0.29) is 22.0 Å². The molecule has 1 aromatic heterocycles. The summed E-state index contributed by atoms with van der Waals surface area (Å²) in [5, 5.41) is 3.42. The van der Waals surface area contributed by atoms with Gasteiger partial charge in [-0.3, -0.25) is 0 Å². The van der Waals surface area contributed by atoms with Gasteiger partial charge in [-0.05, 0) is 18.2 Å². The summed E-state index contributed by atoms with van der Waals surface area (Å²) in [4.78, 5) is -0.0914. The standard InChI is InChI=1S/C10H9FN2O3S/c1-17(14,15)6-2-3-7(8(11)4-6)9-5-10(12)13-16-9/h2-5H,1H3,(H2,12,13). The normalized spacial score (nSPS) is 11.6. The summed E-state index contributed by atoms with van der Waals surface area (Å²) >= 11 is 0. The second kappa shape index (κ2) is 3.85. The van der Waals surface area contributed by atoms with Crippen molar-refractivity contribution in [1.29, 1.82) is 0 Å². The highest BCUT2D eigenvalue weighted by atomic mass is 32.2. The van der Waals surface area contributed by atoms with Crippen LogP contribution < -0.4 is 5.73 Å². The minimum absolute atomic E-state index is 0.0914. The largest absolute Gasteiger partial charge is 0.381 e.